The predicted octanol–water partition coefficient (Wildman–Crippen LogP) is 2.54. The largest absolute Gasteiger partial charge is 0.483 e. The molecule has 102 valence electrons. The molecule has 1 unspecified atom stereocenters. The Morgan fingerprint density at radius 1 is 1.42 bits per heavy atom. The van der Waals surface area contributed by atoms with Crippen LogP contribution < -0.4 is 10.5 Å². The zero-order valence-electron chi connectivity index (χ0n) is 11.5. The minimum atomic E-state index is -0.0798. The van der Waals surface area contributed by atoms with Gasteiger partial charge in [-0.05, 0) is 19.9 Å². The average Bonchev–Trinajstić information content (AvgIpc) is 2.85. The predicted molar refractivity (Wildman–Crippen MR) is 71.8 cm³/mol. The van der Waals surface area contributed by atoms with Crippen molar-refractivity contribution in [2.75, 3.05) is 0 Å². The van der Waals surface area contributed by atoms with E-state index in [-0.39, 0.29) is 12.6 Å². The van der Waals surface area contributed by atoms with E-state index in [0.717, 1.165) is 23.3 Å². The first kappa shape index (κ1) is 13.5. The van der Waals surface area contributed by atoms with Gasteiger partial charge >= 0.3 is 0 Å². The number of nitrogens with two attached hydrogens (primary N) is 1. The van der Waals surface area contributed by atoms with Crippen LogP contribution in [-0.4, -0.2) is 10.1 Å². The fraction of sp³-hybridized carbons (Fsp3) is 0.429. The Morgan fingerprint density at radius 3 is 2.84 bits per heavy atom. The number of benzene rings is 1. The van der Waals surface area contributed by atoms with Crippen LogP contribution in [0.15, 0.2) is 22.7 Å². The van der Waals surface area contributed by atoms with Crippen LogP contribution in [0, 0.1) is 6.92 Å². The Balaban J connectivity index is 2.10. The number of aryl methyl sites for hydroxylation is 2. The monoisotopic (exact) mass is 261 g/mol. The molecule has 5 heteroatoms. The smallest absolute Gasteiger partial charge is 0.264 e. The topological polar surface area (TPSA) is 74.2 Å². The zero-order chi connectivity index (χ0) is 13.8. The fourth-order valence-electron chi connectivity index (χ4n) is 1.79. The van der Waals surface area contributed by atoms with Crippen molar-refractivity contribution in [3.63, 3.8) is 0 Å². The molecule has 2 N–H and O–H groups in total. The minimum absolute atomic E-state index is 0.0798. The lowest BCUT2D eigenvalue weighted by molar-refractivity contribution is 0.240. The van der Waals surface area contributed by atoms with Gasteiger partial charge < -0.3 is 15.0 Å². The van der Waals surface area contributed by atoms with Crippen molar-refractivity contribution in [2.24, 2.45) is 5.73 Å². The van der Waals surface area contributed by atoms with Gasteiger partial charge in [-0.25, -0.2) is 0 Å². The highest BCUT2D eigenvalue weighted by Gasteiger charge is 2.11. The summed E-state index contributed by atoms with van der Waals surface area (Å²) in [4.78, 5) is 4.20. The Kier molecular flexibility index (Phi) is 4.16. The van der Waals surface area contributed by atoms with Crippen molar-refractivity contribution in [2.45, 2.75) is 39.8 Å². The molecule has 5 nitrogen and oxygen atoms in total. The summed E-state index contributed by atoms with van der Waals surface area (Å²) in [5.41, 5.74) is 8.09. The van der Waals surface area contributed by atoms with Crippen LogP contribution in [-0.2, 0) is 13.0 Å². The molecule has 1 heterocycles. The number of nitrogens with zero attached hydrogens (tertiary/aromatic N) is 2. The number of hydrogen-bond donors (Lipinski definition) is 1. The second kappa shape index (κ2) is 5.84. The summed E-state index contributed by atoms with van der Waals surface area (Å²) in [5, 5.41) is 3.83. The molecule has 2 aromatic rings. The molecule has 0 aliphatic heterocycles. The highest BCUT2D eigenvalue weighted by atomic mass is 16.5. The maximum absolute atomic E-state index is 5.95. The summed E-state index contributed by atoms with van der Waals surface area (Å²) >= 11 is 0. The molecule has 1 aromatic heterocycles. The SMILES string of the molecule is CCc1noc(COc2ccc(C)cc2C(C)N)n1. The standard InChI is InChI=1S/C14H19N3O2/c1-4-13-16-14(19-17-13)8-18-12-6-5-9(2)7-11(12)10(3)15/h5-7,10H,4,8,15H2,1-3H3. The second-order valence-corrected chi connectivity index (χ2v) is 4.58. The first-order chi connectivity index (χ1) is 9.10. The molecular weight excluding hydrogens is 242 g/mol. The van der Waals surface area contributed by atoms with E-state index >= 15 is 0 Å². The van der Waals surface area contributed by atoms with Crippen molar-refractivity contribution in [3.05, 3.63) is 41.0 Å². The quantitative estimate of drug-likeness (QED) is 0.895. The molecule has 0 aliphatic rings. The molecule has 1 aromatic carbocycles. The van der Waals surface area contributed by atoms with E-state index in [9.17, 15) is 0 Å². The van der Waals surface area contributed by atoms with Gasteiger partial charge in [-0.3, -0.25) is 0 Å². The first-order valence-corrected chi connectivity index (χ1v) is 6.40. The van der Waals surface area contributed by atoms with Gasteiger partial charge in [-0.15, -0.1) is 0 Å². The van der Waals surface area contributed by atoms with Gasteiger partial charge in [-0.2, -0.15) is 4.98 Å². The number of rotatable bonds is 5. The van der Waals surface area contributed by atoms with E-state index in [1.54, 1.807) is 0 Å². The van der Waals surface area contributed by atoms with E-state index in [4.69, 9.17) is 15.0 Å². The van der Waals surface area contributed by atoms with Gasteiger partial charge in [0.25, 0.3) is 5.89 Å². The lowest BCUT2D eigenvalue weighted by Crippen LogP contribution is -2.08. The lowest BCUT2D eigenvalue weighted by Gasteiger charge is -2.13. The Hall–Kier alpha value is -1.88. The average molecular weight is 261 g/mol. The normalized spacial score (nSPS) is 12.4. The maximum atomic E-state index is 5.95. The number of ether oxygens (including phenoxy) is 1. The third-order valence-corrected chi connectivity index (χ3v) is 2.83. The lowest BCUT2D eigenvalue weighted by atomic mass is 10.1. The summed E-state index contributed by atoms with van der Waals surface area (Å²) in [6, 6.07) is 5.87. The van der Waals surface area contributed by atoms with Gasteiger partial charge in [-0.1, -0.05) is 29.8 Å². The molecule has 0 fully saturated rings. The van der Waals surface area contributed by atoms with E-state index in [1.807, 2.05) is 39.0 Å². The molecule has 1 atom stereocenters. The van der Waals surface area contributed by atoms with Crippen LogP contribution in [0.5, 0.6) is 5.75 Å². The van der Waals surface area contributed by atoms with Crippen molar-refractivity contribution >= 4 is 0 Å². The summed E-state index contributed by atoms with van der Waals surface area (Å²) in [7, 11) is 0. The summed E-state index contributed by atoms with van der Waals surface area (Å²) in [6.07, 6.45) is 0.749. The first-order valence-electron chi connectivity index (χ1n) is 6.40. The van der Waals surface area contributed by atoms with Crippen molar-refractivity contribution in [1.82, 2.24) is 10.1 Å². The molecule has 0 spiro atoms. The summed E-state index contributed by atoms with van der Waals surface area (Å²) < 4.78 is 10.8. The number of hydrogen-bond acceptors (Lipinski definition) is 5. The molecule has 2 rings (SSSR count). The molecule has 0 saturated carbocycles. The third-order valence-electron chi connectivity index (χ3n) is 2.83. The zero-order valence-corrected chi connectivity index (χ0v) is 11.5. The molecule has 0 saturated heterocycles. The minimum Gasteiger partial charge on any atom is -0.483 e. The van der Waals surface area contributed by atoms with Crippen LogP contribution >= 0.6 is 0 Å². The molecule has 0 radical (unpaired) electrons. The summed E-state index contributed by atoms with van der Waals surface area (Å²) in [6.45, 7) is 6.20. The van der Waals surface area contributed by atoms with Crippen molar-refractivity contribution in [3.8, 4) is 5.75 Å². The maximum Gasteiger partial charge on any atom is 0.264 e. The van der Waals surface area contributed by atoms with Crippen LogP contribution in [0.1, 0.15) is 42.7 Å². The fourth-order valence-corrected chi connectivity index (χ4v) is 1.79. The van der Waals surface area contributed by atoms with Gasteiger partial charge in [0.05, 0.1) is 0 Å². The van der Waals surface area contributed by atoms with Crippen LogP contribution in [0.2, 0.25) is 0 Å². The van der Waals surface area contributed by atoms with E-state index in [1.165, 1.54) is 0 Å². The molecule has 19 heavy (non-hydrogen) atoms. The second-order valence-electron chi connectivity index (χ2n) is 4.58. The van der Waals surface area contributed by atoms with Crippen LogP contribution in [0.3, 0.4) is 0 Å². The summed E-state index contributed by atoms with van der Waals surface area (Å²) in [5.74, 6) is 1.93. The van der Waals surface area contributed by atoms with Crippen molar-refractivity contribution < 1.29 is 9.26 Å². The molecule has 0 bridgehead atoms. The van der Waals surface area contributed by atoms with Gasteiger partial charge in [0.2, 0.25) is 0 Å². The van der Waals surface area contributed by atoms with E-state index < -0.39 is 0 Å². The third kappa shape index (κ3) is 3.32. The van der Waals surface area contributed by atoms with Crippen LogP contribution in [0.25, 0.3) is 0 Å². The van der Waals surface area contributed by atoms with Crippen molar-refractivity contribution in [1.29, 1.82) is 0 Å². The van der Waals surface area contributed by atoms with Gasteiger partial charge in [0, 0.05) is 18.0 Å². The Labute approximate surface area is 112 Å². The van der Waals surface area contributed by atoms with Crippen LogP contribution in [0.4, 0.5) is 0 Å². The highest BCUT2D eigenvalue weighted by molar-refractivity contribution is 5.38. The molecule has 0 aliphatic carbocycles. The number of aromatic nitrogens is 2. The Bertz CT molecular complexity index is 549. The molecule has 0 amide bonds. The van der Waals surface area contributed by atoms with Gasteiger partial charge in [0.15, 0.2) is 12.4 Å². The van der Waals surface area contributed by atoms with E-state index in [0.29, 0.717) is 11.7 Å². The van der Waals surface area contributed by atoms with E-state index in [2.05, 4.69) is 10.1 Å². The Morgan fingerprint density at radius 2 is 2.21 bits per heavy atom. The van der Waals surface area contributed by atoms with Gasteiger partial charge in [0.1, 0.15) is 5.75 Å². The molecular formula is C14H19N3O2. The highest BCUT2D eigenvalue weighted by Crippen LogP contribution is 2.25.